The molecule has 1 aromatic carbocycles. The van der Waals surface area contributed by atoms with Crippen molar-refractivity contribution in [3.8, 4) is 5.75 Å². The van der Waals surface area contributed by atoms with Crippen molar-refractivity contribution in [3.05, 3.63) is 58.6 Å². The van der Waals surface area contributed by atoms with Gasteiger partial charge in [0, 0.05) is 17.1 Å². The maximum absolute atomic E-state index is 12.9. The average molecular weight is 331 g/mol. The zero-order valence-corrected chi connectivity index (χ0v) is 11.7. The minimum absolute atomic E-state index is 0.234. The molecular weight excluding hydrogens is 321 g/mol. The molecule has 2 aromatic rings. The van der Waals surface area contributed by atoms with Gasteiger partial charge in [0.1, 0.15) is 18.2 Å². The van der Waals surface area contributed by atoms with Crippen LogP contribution >= 0.6 is 27.5 Å². The first kappa shape index (κ1) is 13.3. The zero-order valence-electron chi connectivity index (χ0n) is 9.37. The minimum Gasteiger partial charge on any atom is -0.487 e. The van der Waals surface area contributed by atoms with E-state index in [9.17, 15) is 4.39 Å². The number of alkyl halides is 1. The molecule has 1 aromatic heterocycles. The van der Waals surface area contributed by atoms with Crippen molar-refractivity contribution in [3.63, 3.8) is 0 Å². The first-order chi connectivity index (χ1) is 8.69. The standard InChI is InChI=1S/C13H10BrClFNO/c14-5-9-1-2-13(12(15)4-9)18-8-10-3-11(16)7-17-6-10/h1-4,6-7H,5,8H2. The zero-order chi connectivity index (χ0) is 13.0. The number of benzene rings is 1. The number of nitrogens with zero attached hydrogens (tertiary/aromatic N) is 1. The van der Waals surface area contributed by atoms with Crippen LogP contribution in [0.3, 0.4) is 0 Å². The van der Waals surface area contributed by atoms with Gasteiger partial charge in [-0.2, -0.15) is 0 Å². The number of hydrogen-bond acceptors (Lipinski definition) is 2. The quantitative estimate of drug-likeness (QED) is 0.778. The normalized spacial score (nSPS) is 10.4. The van der Waals surface area contributed by atoms with E-state index in [4.69, 9.17) is 16.3 Å². The van der Waals surface area contributed by atoms with Gasteiger partial charge in [-0.1, -0.05) is 33.6 Å². The van der Waals surface area contributed by atoms with Gasteiger partial charge in [0.2, 0.25) is 0 Å². The number of halogens is 3. The fraction of sp³-hybridized carbons (Fsp3) is 0.154. The van der Waals surface area contributed by atoms with E-state index in [1.807, 2.05) is 12.1 Å². The van der Waals surface area contributed by atoms with E-state index < -0.39 is 0 Å². The molecule has 0 radical (unpaired) electrons. The average Bonchev–Trinajstić information content (AvgIpc) is 2.37. The molecule has 0 saturated heterocycles. The van der Waals surface area contributed by atoms with Crippen molar-refractivity contribution in [1.29, 1.82) is 0 Å². The lowest BCUT2D eigenvalue weighted by Gasteiger charge is -2.08. The lowest BCUT2D eigenvalue weighted by Crippen LogP contribution is -1.97. The molecule has 0 saturated carbocycles. The van der Waals surface area contributed by atoms with Gasteiger partial charge in [0.15, 0.2) is 0 Å². The SMILES string of the molecule is Fc1cncc(COc2ccc(CBr)cc2Cl)c1. The van der Waals surface area contributed by atoms with Gasteiger partial charge in [-0.25, -0.2) is 4.39 Å². The Bertz CT molecular complexity index is 550. The fourth-order valence-corrected chi connectivity index (χ4v) is 2.05. The summed E-state index contributed by atoms with van der Waals surface area (Å²) in [6.07, 6.45) is 2.71. The monoisotopic (exact) mass is 329 g/mol. The van der Waals surface area contributed by atoms with Crippen LogP contribution in [0.2, 0.25) is 5.02 Å². The van der Waals surface area contributed by atoms with Gasteiger partial charge in [-0.05, 0) is 23.8 Å². The Hall–Kier alpha value is -1.13. The van der Waals surface area contributed by atoms with E-state index in [2.05, 4.69) is 20.9 Å². The van der Waals surface area contributed by atoms with Gasteiger partial charge in [0.05, 0.1) is 11.2 Å². The summed E-state index contributed by atoms with van der Waals surface area (Å²) in [6.45, 7) is 0.234. The van der Waals surface area contributed by atoms with Crippen molar-refractivity contribution in [2.75, 3.05) is 0 Å². The van der Waals surface area contributed by atoms with Crippen LogP contribution in [0.15, 0.2) is 36.7 Å². The Morgan fingerprint density at radius 3 is 2.72 bits per heavy atom. The summed E-state index contributed by atoms with van der Waals surface area (Å²) in [5.74, 6) is 0.197. The third-order valence-corrected chi connectivity index (χ3v) is 3.25. The molecule has 18 heavy (non-hydrogen) atoms. The number of hydrogen-bond donors (Lipinski definition) is 0. The third-order valence-electron chi connectivity index (χ3n) is 2.31. The molecule has 2 nitrogen and oxygen atoms in total. The van der Waals surface area contributed by atoms with Crippen molar-refractivity contribution in [1.82, 2.24) is 4.98 Å². The maximum Gasteiger partial charge on any atom is 0.141 e. The summed E-state index contributed by atoms with van der Waals surface area (Å²) in [5, 5.41) is 1.28. The fourth-order valence-electron chi connectivity index (χ4n) is 1.44. The van der Waals surface area contributed by atoms with E-state index in [1.54, 1.807) is 12.3 Å². The van der Waals surface area contributed by atoms with Crippen LogP contribution in [0.4, 0.5) is 4.39 Å². The molecule has 0 fully saturated rings. The smallest absolute Gasteiger partial charge is 0.141 e. The van der Waals surface area contributed by atoms with Gasteiger partial charge in [-0.3, -0.25) is 4.98 Å². The van der Waals surface area contributed by atoms with E-state index >= 15 is 0 Å². The molecule has 0 bridgehead atoms. The van der Waals surface area contributed by atoms with E-state index in [1.165, 1.54) is 6.07 Å². The Labute approximate surface area is 118 Å². The number of rotatable bonds is 4. The molecular formula is C13H10BrClFNO. The van der Waals surface area contributed by atoms with Gasteiger partial charge < -0.3 is 4.74 Å². The molecule has 94 valence electrons. The molecule has 0 aliphatic rings. The molecule has 0 spiro atoms. The first-order valence-electron chi connectivity index (χ1n) is 5.25. The minimum atomic E-state index is -0.378. The highest BCUT2D eigenvalue weighted by Gasteiger charge is 2.04. The molecule has 2 rings (SSSR count). The van der Waals surface area contributed by atoms with Crippen LogP contribution in [0.1, 0.15) is 11.1 Å². The van der Waals surface area contributed by atoms with Crippen LogP contribution in [-0.4, -0.2) is 4.98 Å². The Morgan fingerprint density at radius 2 is 2.06 bits per heavy atom. The van der Waals surface area contributed by atoms with Crippen LogP contribution in [0.5, 0.6) is 5.75 Å². The highest BCUT2D eigenvalue weighted by atomic mass is 79.9. The first-order valence-corrected chi connectivity index (χ1v) is 6.75. The summed E-state index contributed by atoms with van der Waals surface area (Å²) in [6, 6.07) is 6.93. The summed E-state index contributed by atoms with van der Waals surface area (Å²) < 4.78 is 18.4. The molecule has 0 amide bonds. The predicted octanol–water partition coefficient (Wildman–Crippen LogP) is 4.35. The second kappa shape index (κ2) is 6.16. The molecule has 0 atom stereocenters. The molecule has 0 aliphatic heterocycles. The number of pyridine rings is 1. The number of ether oxygens (including phenoxy) is 1. The molecule has 5 heteroatoms. The summed E-state index contributed by atoms with van der Waals surface area (Å²) in [4.78, 5) is 3.75. The molecule has 1 heterocycles. The van der Waals surface area contributed by atoms with E-state index in [0.717, 1.165) is 17.1 Å². The largest absolute Gasteiger partial charge is 0.487 e. The lowest BCUT2D eigenvalue weighted by atomic mass is 10.2. The maximum atomic E-state index is 12.9. The Balaban J connectivity index is 2.06. The predicted molar refractivity (Wildman–Crippen MR) is 72.6 cm³/mol. The highest BCUT2D eigenvalue weighted by molar-refractivity contribution is 9.08. The van der Waals surface area contributed by atoms with Crippen molar-refractivity contribution >= 4 is 27.5 Å². The van der Waals surface area contributed by atoms with Gasteiger partial charge in [0.25, 0.3) is 0 Å². The summed E-state index contributed by atoms with van der Waals surface area (Å²) >= 11 is 9.42. The van der Waals surface area contributed by atoms with E-state index in [-0.39, 0.29) is 12.4 Å². The molecule has 0 N–H and O–H groups in total. The second-order valence-electron chi connectivity index (χ2n) is 3.70. The summed E-state index contributed by atoms with van der Waals surface area (Å²) in [5.41, 5.74) is 1.73. The summed E-state index contributed by atoms with van der Waals surface area (Å²) in [7, 11) is 0. The molecule has 0 unspecified atom stereocenters. The van der Waals surface area contributed by atoms with E-state index in [0.29, 0.717) is 16.3 Å². The third kappa shape index (κ3) is 3.43. The van der Waals surface area contributed by atoms with Crippen molar-refractivity contribution in [2.24, 2.45) is 0 Å². The van der Waals surface area contributed by atoms with Gasteiger partial charge in [-0.15, -0.1) is 0 Å². The lowest BCUT2D eigenvalue weighted by molar-refractivity contribution is 0.305. The van der Waals surface area contributed by atoms with Crippen LogP contribution < -0.4 is 4.74 Å². The number of aromatic nitrogens is 1. The van der Waals surface area contributed by atoms with Gasteiger partial charge >= 0.3 is 0 Å². The Morgan fingerprint density at radius 1 is 1.22 bits per heavy atom. The Kier molecular flexibility index (Phi) is 4.55. The van der Waals surface area contributed by atoms with Crippen molar-refractivity contribution in [2.45, 2.75) is 11.9 Å². The topological polar surface area (TPSA) is 22.1 Å². The van der Waals surface area contributed by atoms with Crippen molar-refractivity contribution < 1.29 is 9.13 Å². The van der Waals surface area contributed by atoms with Crippen LogP contribution in [0.25, 0.3) is 0 Å². The van der Waals surface area contributed by atoms with Crippen LogP contribution in [0, 0.1) is 5.82 Å². The molecule has 0 aliphatic carbocycles. The highest BCUT2D eigenvalue weighted by Crippen LogP contribution is 2.27. The second-order valence-corrected chi connectivity index (χ2v) is 4.67. The van der Waals surface area contributed by atoms with Crippen LogP contribution in [-0.2, 0) is 11.9 Å².